The summed E-state index contributed by atoms with van der Waals surface area (Å²) in [6, 6.07) is 9.35. The second-order valence-electron chi connectivity index (χ2n) is 3.41. The molecular formula is C12H14N2O2. The quantitative estimate of drug-likeness (QED) is 0.775. The first-order chi connectivity index (χ1) is 7.67. The van der Waals surface area contributed by atoms with Crippen LogP contribution >= 0.6 is 0 Å². The molecule has 0 aliphatic heterocycles. The summed E-state index contributed by atoms with van der Waals surface area (Å²) in [6.07, 6.45) is 0. The standard InChI is InChI=1S/C12H14N2O2/c1-9(14-8-12(15)16-2)11-5-3-10(7-13)4-6-11/h3-6,9,14H,8H2,1-2H3. The number of benzene rings is 1. The van der Waals surface area contributed by atoms with Crippen molar-refractivity contribution in [2.75, 3.05) is 13.7 Å². The highest BCUT2D eigenvalue weighted by Gasteiger charge is 2.07. The minimum absolute atomic E-state index is 0.0480. The first kappa shape index (κ1) is 12.2. The molecular weight excluding hydrogens is 204 g/mol. The largest absolute Gasteiger partial charge is 0.468 e. The lowest BCUT2D eigenvalue weighted by Gasteiger charge is -2.13. The molecule has 1 aromatic carbocycles. The Kier molecular flexibility index (Phi) is 4.49. The summed E-state index contributed by atoms with van der Waals surface area (Å²) in [4.78, 5) is 10.9. The second-order valence-corrected chi connectivity index (χ2v) is 3.41. The monoisotopic (exact) mass is 218 g/mol. The SMILES string of the molecule is COC(=O)CNC(C)c1ccc(C#N)cc1. The van der Waals surface area contributed by atoms with Crippen molar-refractivity contribution in [1.29, 1.82) is 5.26 Å². The Morgan fingerprint density at radius 3 is 2.62 bits per heavy atom. The number of methoxy groups -OCH3 is 1. The number of hydrogen-bond donors (Lipinski definition) is 1. The third-order valence-corrected chi connectivity index (χ3v) is 2.32. The van der Waals surface area contributed by atoms with Gasteiger partial charge >= 0.3 is 5.97 Å². The van der Waals surface area contributed by atoms with E-state index in [-0.39, 0.29) is 18.6 Å². The molecule has 4 heteroatoms. The molecule has 1 unspecified atom stereocenters. The maximum Gasteiger partial charge on any atom is 0.319 e. The van der Waals surface area contributed by atoms with Crippen molar-refractivity contribution >= 4 is 5.97 Å². The summed E-state index contributed by atoms with van der Waals surface area (Å²) in [5, 5.41) is 11.7. The molecule has 0 saturated carbocycles. The highest BCUT2D eigenvalue weighted by atomic mass is 16.5. The van der Waals surface area contributed by atoms with Crippen molar-refractivity contribution < 1.29 is 9.53 Å². The van der Waals surface area contributed by atoms with Crippen molar-refractivity contribution in [3.63, 3.8) is 0 Å². The van der Waals surface area contributed by atoms with E-state index in [1.165, 1.54) is 7.11 Å². The first-order valence-corrected chi connectivity index (χ1v) is 4.97. The van der Waals surface area contributed by atoms with Gasteiger partial charge in [0.1, 0.15) is 0 Å². The number of rotatable bonds is 4. The summed E-state index contributed by atoms with van der Waals surface area (Å²) in [7, 11) is 1.36. The summed E-state index contributed by atoms with van der Waals surface area (Å²) in [5.41, 5.74) is 1.66. The smallest absolute Gasteiger partial charge is 0.319 e. The normalized spacial score (nSPS) is 11.6. The maximum atomic E-state index is 10.9. The van der Waals surface area contributed by atoms with Gasteiger partial charge in [-0.2, -0.15) is 5.26 Å². The van der Waals surface area contributed by atoms with Crippen molar-refractivity contribution in [3.05, 3.63) is 35.4 Å². The highest BCUT2D eigenvalue weighted by molar-refractivity contribution is 5.71. The predicted molar refractivity (Wildman–Crippen MR) is 59.6 cm³/mol. The summed E-state index contributed by atoms with van der Waals surface area (Å²) in [5.74, 6) is -0.291. The predicted octanol–water partition coefficient (Wildman–Crippen LogP) is 1.38. The molecule has 0 bridgehead atoms. The lowest BCUT2D eigenvalue weighted by atomic mass is 10.1. The van der Waals surface area contributed by atoms with E-state index in [1.54, 1.807) is 12.1 Å². The van der Waals surface area contributed by atoms with E-state index in [2.05, 4.69) is 16.1 Å². The lowest BCUT2D eigenvalue weighted by Crippen LogP contribution is -2.26. The number of esters is 1. The van der Waals surface area contributed by atoms with E-state index in [4.69, 9.17) is 5.26 Å². The number of nitrogens with one attached hydrogen (secondary N) is 1. The van der Waals surface area contributed by atoms with Crippen LogP contribution in [-0.4, -0.2) is 19.6 Å². The molecule has 0 heterocycles. The zero-order valence-corrected chi connectivity index (χ0v) is 9.36. The Morgan fingerprint density at radius 2 is 2.12 bits per heavy atom. The summed E-state index contributed by atoms with van der Waals surface area (Å²) < 4.78 is 4.53. The fraction of sp³-hybridized carbons (Fsp3) is 0.333. The molecule has 84 valence electrons. The minimum atomic E-state index is -0.291. The third kappa shape index (κ3) is 3.37. The van der Waals surface area contributed by atoms with Crippen molar-refractivity contribution in [3.8, 4) is 6.07 Å². The van der Waals surface area contributed by atoms with Gasteiger partial charge in [0.2, 0.25) is 0 Å². The molecule has 0 amide bonds. The van der Waals surface area contributed by atoms with Gasteiger partial charge in [-0.3, -0.25) is 4.79 Å². The van der Waals surface area contributed by atoms with Crippen LogP contribution in [0.5, 0.6) is 0 Å². The van der Waals surface area contributed by atoms with Crippen LogP contribution in [0.1, 0.15) is 24.1 Å². The maximum absolute atomic E-state index is 10.9. The molecule has 1 atom stereocenters. The molecule has 0 radical (unpaired) electrons. The van der Waals surface area contributed by atoms with Gasteiger partial charge in [-0.1, -0.05) is 12.1 Å². The van der Waals surface area contributed by atoms with Crippen LogP contribution in [0, 0.1) is 11.3 Å². The topological polar surface area (TPSA) is 62.1 Å². The molecule has 1 N–H and O–H groups in total. The summed E-state index contributed by atoms with van der Waals surface area (Å²) in [6.45, 7) is 2.13. The fourth-order valence-corrected chi connectivity index (χ4v) is 1.27. The molecule has 0 saturated heterocycles. The van der Waals surface area contributed by atoms with Crippen molar-refractivity contribution in [1.82, 2.24) is 5.32 Å². The zero-order chi connectivity index (χ0) is 12.0. The second kappa shape index (κ2) is 5.89. The molecule has 1 rings (SSSR count). The molecule has 4 nitrogen and oxygen atoms in total. The first-order valence-electron chi connectivity index (χ1n) is 4.97. The number of ether oxygens (including phenoxy) is 1. The van der Waals surface area contributed by atoms with E-state index < -0.39 is 0 Å². The molecule has 0 fully saturated rings. The number of carbonyl (C=O) groups excluding carboxylic acids is 1. The Hall–Kier alpha value is -1.86. The van der Waals surface area contributed by atoms with Gasteiger partial charge in [-0.15, -0.1) is 0 Å². The number of carbonyl (C=O) groups is 1. The van der Waals surface area contributed by atoms with Gasteiger partial charge in [0, 0.05) is 6.04 Å². The summed E-state index contributed by atoms with van der Waals surface area (Å²) >= 11 is 0. The fourth-order valence-electron chi connectivity index (χ4n) is 1.27. The van der Waals surface area contributed by atoms with Gasteiger partial charge in [-0.05, 0) is 24.6 Å². The highest BCUT2D eigenvalue weighted by Crippen LogP contribution is 2.12. The average Bonchev–Trinajstić information content (AvgIpc) is 2.35. The van der Waals surface area contributed by atoms with Crippen LogP contribution in [0.2, 0.25) is 0 Å². The van der Waals surface area contributed by atoms with Crippen LogP contribution in [0.15, 0.2) is 24.3 Å². The Morgan fingerprint density at radius 1 is 1.50 bits per heavy atom. The van der Waals surface area contributed by atoms with Crippen LogP contribution in [0.3, 0.4) is 0 Å². The van der Waals surface area contributed by atoms with Crippen LogP contribution in [-0.2, 0) is 9.53 Å². The molecule has 0 aliphatic carbocycles. The molecule has 16 heavy (non-hydrogen) atoms. The Labute approximate surface area is 94.8 Å². The number of hydrogen-bond acceptors (Lipinski definition) is 4. The van der Waals surface area contributed by atoms with E-state index in [9.17, 15) is 4.79 Å². The average molecular weight is 218 g/mol. The lowest BCUT2D eigenvalue weighted by molar-refractivity contribution is -0.139. The van der Waals surface area contributed by atoms with Crippen molar-refractivity contribution in [2.24, 2.45) is 0 Å². The van der Waals surface area contributed by atoms with E-state index in [0.29, 0.717) is 5.56 Å². The van der Waals surface area contributed by atoms with Gasteiger partial charge in [0.05, 0.1) is 25.3 Å². The third-order valence-electron chi connectivity index (χ3n) is 2.32. The molecule has 0 aliphatic rings. The van der Waals surface area contributed by atoms with Crippen LogP contribution in [0.25, 0.3) is 0 Å². The molecule has 0 aromatic heterocycles. The van der Waals surface area contributed by atoms with Gasteiger partial charge in [-0.25, -0.2) is 0 Å². The molecule has 1 aromatic rings. The van der Waals surface area contributed by atoms with Gasteiger partial charge in [0.15, 0.2) is 0 Å². The Bertz CT molecular complexity index is 392. The van der Waals surface area contributed by atoms with Crippen LogP contribution in [0.4, 0.5) is 0 Å². The minimum Gasteiger partial charge on any atom is -0.468 e. The van der Waals surface area contributed by atoms with Crippen molar-refractivity contribution in [2.45, 2.75) is 13.0 Å². The van der Waals surface area contributed by atoms with E-state index in [0.717, 1.165) is 5.56 Å². The van der Waals surface area contributed by atoms with Crippen LogP contribution < -0.4 is 5.32 Å². The van der Waals surface area contributed by atoms with Gasteiger partial charge in [0.25, 0.3) is 0 Å². The Balaban J connectivity index is 2.56. The van der Waals surface area contributed by atoms with Gasteiger partial charge < -0.3 is 10.1 Å². The number of nitriles is 1. The zero-order valence-electron chi connectivity index (χ0n) is 9.36. The van der Waals surface area contributed by atoms with E-state index in [1.807, 2.05) is 19.1 Å². The number of nitrogens with zero attached hydrogens (tertiary/aromatic N) is 1. The molecule has 0 spiro atoms. The van der Waals surface area contributed by atoms with E-state index >= 15 is 0 Å².